The van der Waals surface area contributed by atoms with Gasteiger partial charge in [-0.2, -0.15) is 0 Å². The van der Waals surface area contributed by atoms with Crippen LogP contribution >= 0.6 is 0 Å². The zero-order chi connectivity index (χ0) is 11.4. The standard InChI is InChI=1S/C8H11N3O4/c1-4-2-6(15-11-4)8(14)10-3-5(12)7(9)13/h2,5,12H,3H2,1H3,(H2,9,13)(H,10,14). The first kappa shape index (κ1) is 11.2. The molecule has 0 aliphatic carbocycles. The quantitative estimate of drug-likeness (QED) is 0.566. The van der Waals surface area contributed by atoms with Crippen LogP contribution in [0.15, 0.2) is 10.6 Å². The van der Waals surface area contributed by atoms with Gasteiger partial charge in [-0.15, -0.1) is 0 Å². The highest BCUT2D eigenvalue weighted by molar-refractivity contribution is 5.91. The summed E-state index contributed by atoms with van der Waals surface area (Å²) in [5.41, 5.74) is 5.35. The molecule has 1 heterocycles. The number of carbonyl (C=O) groups excluding carboxylic acids is 2. The summed E-state index contributed by atoms with van der Waals surface area (Å²) < 4.78 is 4.66. The Labute approximate surface area is 85.2 Å². The largest absolute Gasteiger partial charge is 0.381 e. The van der Waals surface area contributed by atoms with Crippen LogP contribution in [0.1, 0.15) is 16.2 Å². The summed E-state index contributed by atoms with van der Waals surface area (Å²) in [5.74, 6) is -1.44. The molecule has 0 bridgehead atoms. The highest BCUT2D eigenvalue weighted by Gasteiger charge is 2.15. The molecule has 1 aromatic heterocycles. The number of nitrogens with one attached hydrogen (secondary N) is 1. The molecule has 0 saturated carbocycles. The van der Waals surface area contributed by atoms with Crippen molar-refractivity contribution in [1.29, 1.82) is 0 Å². The molecule has 0 fully saturated rings. The van der Waals surface area contributed by atoms with Gasteiger partial charge >= 0.3 is 0 Å². The summed E-state index contributed by atoms with van der Waals surface area (Å²) in [6.45, 7) is 1.41. The SMILES string of the molecule is Cc1cc(C(=O)NCC(O)C(N)=O)on1. The number of nitrogens with two attached hydrogens (primary N) is 1. The molecule has 2 amide bonds. The molecule has 0 saturated heterocycles. The van der Waals surface area contributed by atoms with Gasteiger partial charge in [0, 0.05) is 6.07 Å². The highest BCUT2D eigenvalue weighted by atomic mass is 16.5. The van der Waals surface area contributed by atoms with Gasteiger partial charge in [-0.3, -0.25) is 9.59 Å². The van der Waals surface area contributed by atoms with Gasteiger partial charge in [0.2, 0.25) is 11.7 Å². The van der Waals surface area contributed by atoms with E-state index in [1.165, 1.54) is 6.07 Å². The average Bonchev–Trinajstić information content (AvgIpc) is 2.60. The monoisotopic (exact) mass is 213 g/mol. The van der Waals surface area contributed by atoms with Crippen molar-refractivity contribution >= 4 is 11.8 Å². The molecule has 0 aliphatic heterocycles. The lowest BCUT2D eigenvalue weighted by Gasteiger charge is -2.06. The maximum atomic E-state index is 11.3. The maximum Gasteiger partial charge on any atom is 0.290 e. The van der Waals surface area contributed by atoms with E-state index in [2.05, 4.69) is 15.0 Å². The molecule has 1 aromatic rings. The minimum absolute atomic E-state index is 0.0178. The van der Waals surface area contributed by atoms with Crippen LogP contribution in [-0.2, 0) is 4.79 Å². The number of aliphatic hydroxyl groups excluding tert-OH is 1. The van der Waals surface area contributed by atoms with Crippen molar-refractivity contribution in [2.75, 3.05) is 6.54 Å². The minimum Gasteiger partial charge on any atom is -0.381 e. The second kappa shape index (κ2) is 4.56. The van der Waals surface area contributed by atoms with E-state index in [0.717, 1.165) is 0 Å². The lowest BCUT2D eigenvalue weighted by Crippen LogP contribution is -2.39. The number of primary amides is 1. The Hall–Kier alpha value is -1.89. The lowest BCUT2D eigenvalue weighted by atomic mass is 10.3. The van der Waals surface area contributed by atoms with Gasteiger partial charge in [-0.05, 0) is 6.92 Å². The molecule has 4 N–H and O–H groups in total. The van der Waals surface area contributed by atoms with E-state index < -0.39 is 17.9 Å². The second-order valence-electron chi connectivity index (χ2n) is 2.96. The van der Waals surface area contributed by atoms with E-state index in [1.807, 2.05) is 0 Å². The number of hydrogen-bond donors (Lipinski definition) is 3. The Morgan fingerprint density at radius 1 is 1.73 bits per heavy atom. The van der Waals surface area contributed by atoms with Crippen molar-refractivity contribution in [3.63, 3.8) is 0 Å². The summed E-state index contributed by atoms with van der Waals surface area (Å²) >= 11 is 0. The molecule has 0 spiro atoms. The summed E-state index contributed by atoms with van der Waals surface area (Å²) in [4.78, 5) is 21.7. The molecular formula is C8H11N3O4. The van der Waals surface area contributed by atoms with E-state index >= 15 is 0 Å². The highest BCUT2D eigenvalue weighted by Crippen LogP contribution is 2.01. The first-order chi connectivity index (χ1) is 7.00. The van der Waals surface area contributed by atoms with Crippen molar-refractivity contribution in [2.24, 2.45) is 5.73 Å². The molecule has 1 rings (SSSR count). The van der Waals surface area contributed by atoms with Crippen LogP contribution in [0.4, 0.5) is 0 Å². The maximum absolute atomic E-state index is 11.3. The van der Waals surface area contributed by atoms with Crippen LogP contribution in [0.25, 0.3) is 0 Å². The second-order valence-corrected chi connectivity index (χ2v) is 2.96. The zero-order valence-electron chi connectivity index (χ0n) is 8.06. The predicted molar refractivity (Wildman–Crippen MR) is 48.8 cm³/mol. The van der Waals surface area contributed by atoms with Gasteiger partial charge < -0.3 is 20.7 Å². The van der Waals surface area contributed by atoms with Crippen LogP contribution in [0.5, 0.6) is 0 Å². The molecule has 1 unspecified atom stereocenters. The van der Waals surface area contributed by atoms with Crippen LogP contribution < -0.4 is 11.1 Å². The molecule has 0 aromatic carbocycles. The topological polar surface area (TPSA) is 118 Å². The molecule has 15 heavy (non-hydrogen) atoms. The zero-order valence-corrected chi connectivity index (χ0v) is 8.06. The summed E-state index contributed by atoms with van der Waals surface area (Å²) in [6.07, 6.45) is -1.40. The Kier molecular flexibility index (Phi) is 3.40. The fourth-order valence-electron chi connectivity index (χ4n) is 0.848. The van der Waals surface area contributed by atoms with Crippen LogP contribution in [0, 0.1) is 6.92 Å². The first-order valence-electron chi connectivity index (χ1n) is 4.19. The van der Waals surface area contributed by atoms with E-state index in [0.29, 0.717) is 5.69 Å². The third-order valence-corrected chi connectivity index (χ3v) is 1.64. The molecule has 82 valence electrons. The number of aromatic nitrogens is 1. The fourth-order valence-corrected chi connectivity index (χ4v) is 0.848. The van der Waals surface area contributed by atoms with E-state index in [-0.39, 0.29) is 12.3 Å². The van der Waals surface area contributed by atoms with Crippen molar-refractivity contribution in [3.05, 3.63) is 17.5 Å². The predicted octanol–water partition coefficient (Wildman–Crippen LogP) is -1.44. The molecule has 7 nitrogen and oxygen atoms in total. The number of carbonyl (C=O) groups is 2. The van der Waals surface area contributed by atoms with Crippen molar-refractivity contribution < 1.29 is 19.2 Å². The van der Waals surface area contributed by atoms with E-state index in [1.54, 1.807) is 6.92 Å². The fraction of sp³-hybridized carbons (Fsp3) is 0.375. The smallest absolute Gasteiger partial charge is 0.290 e. The minimum atomic E-state index is -1.40. The van der Waals surface area contributed by atoms with Gasteiger partial charge in [-0.25, -0.2) is 0 Å². The Bertz CT molecular complexity index is 374. The van der Waals surface area contributed by atoms with E-state index in [9.17, 15) is 9.59 Å². The molecule has 0 radical (unpaired) electrons. The van der Waals surface area contributed by atoms with Crippen molar-refractivity contribution in [3.8, 4) is 0 Å². The third kappa shape index (κ3) is 3.06. The summed E-state index contributed by atoms with van der Waals surface area (Å²) in [7, 11) is 0. The lowest BCUT2D eigenvalue weighted by molar-refractivity contribution is -0.125. The number of hydrogen-bond acceptors (Lipinski definition) is 5. The van der Waals surface area contributed by atoms with Crippen molar-refractivity contribution in [2.45, 2.75) is 13.0 Å². The average molecular weight is 213 g/mol. The Balaban J connectivity index is 2.47. The van der Waals surface area contributed by atoms with Crippen molar-refractivity contribution in [1.82, 2.24) is 10.5 Å². The summed E-state index contributed by atoms with van der Waals surface area (Å²) in [5, 5.41) is 14.8. The third-order valence-electron chi connectivity index (χ3n) is 1.64. The normalized spacial score (nSPS) is 12.1. The molecule has 7 heteroatoms. The number of aliphatic hydroxyl groups is 1. The molecule has 0 aliphatic rings. The van der Waals surface area contributed by atoms with Crippen LogP contribution in [-0.4, -0.2) is 34.7 Å². The van der Waals surface area contributed by atoms with Gasteiger partial charge in [0.05, 0.1) is 12.2 Å². The molecule has 1 atom stereocenters. The number of nitrogens with zero attached hydrogens (tertiary/aromatic N) is 1. The van der Waals surface area contributed by atoms with Crippen LogP contribution in [0.3, 0.4) is 0 Å². The van der Waals surface area contributed by atoms with Gasteiger partial charge in [0.1, 0.15) is 6.10 Å². The first-order valence-corrected chi connectivity index (χ1v) is 4.19. The van der Waals surface area contributed by atoms with Gasteiger partial charge in [-0.1, -0.05) is 5.16 Å². The van der Waals surface area contributed by atoms with Crippen LogP contribution in [0.2, 0.25) is 0 Å². The number of rotatable bonds is 4. The Morgan fingerprint density at radius 3 is 2.87 bits per heavy atom. The summed E-state index contributed by atoms with van der Waals surface area (Å²) in [6, 6.07) is 1.44. The van der Waals surface area contributed by atoms with Gasteiger partial charge in [0.15, 0.2) is 0 Å². The number of amides is 2. The Morgan fingerprint density at radius 2 is 2.40 bits per heavy atom. The number of aryl methyl sites for hydroxylation is 1. The molecular weight excluding hydrogens is 202 g/mol. The van der Waals surface area contributed by atoms with E-state index in [4.69, 9.17) is 10.8 Å². The van der Waals surface area contributed by atoms with Gasteiger partial charge in [0.25, 0.3) is 5.91 Å².